The van der Waals surface area contributed by atoms with Gasteiger partial charge in [-0.25, -0.2) is 9.59 Å². The van der Waals surface area contributed by atoms with Gasteiger partial charge in [0, 0.05) is 66.6 Å². The van der Waals surface area contributed by atoms with Crippen molar-refractivity contribution in [3.8, 4) is 0 Å². The minimum absolute atomic E-state index is 0.202. The van der Waals surface area contributed by atoms with Crippen LogP contribution in [0.4, 0.5) is 0 Å². The van der Waals surface area contributed by atoms with Crippen LogP contribution in [0.2, 0.25) is 0 Å². The highest BCUT2D eigenvalue weighted by atomic mass is 16.7. The van der Waals surface area contributed by atoms with Crippen LogP contribution in [0.25, 0.3) is 0 Å². The average Bonchev–Trinajstić information content (AvgIpc) is 3.82. The third-order valence-corrected chi connectivity index (χ3v) is 15.3. The van der Waals surface area contributed by atoms with Crippen LogP contribution in [0.5, 0.6) is 0 Å². The molecule has 12 unspecified atom stereocenters. The zero-order valence-electron chi connectivity index (χ0n) is 47.5. The van der Waals surface area contributed by atoms with E-state index in [1.54, 1.807) is 13.8 Å². The van der Waals surface area contributed by atoms with Crippen LogP contribution < -0.4 is 17.0 Å². The van der Waals surface area contributed by atoms with Gasteiger partial charge in [0.15, 0.2) is 18.6 Å². The summed E-state index contributed by atoms with van der Waals surface area (Å²) in [6.07, 6.45) is -10.7. The van der Waals surface area contributed by atoms with Gasteiger partial charge in [-0.15, -0.1) is 0 Å². The van der Waals surface area contributed by atoms with Gasteiger partial charge in [0.1, 0.15) is 79.3 Å². The van der Waals surface area contributed by atoms with Gasteiger partial charge in [0.25, 0.3) is 5.56 Å². The number of ether oxygens (including phenoxy) is 11. The molecule has 1 aromatic heterocycles. The normalized spacial score (nSPS) is 32.2. The molecule has 7 N–H and O–H groups in total. The number of aromatic nitrogens is 2. The Morgan fingerprint density at radius 1 is 0.750 bits per heavy atom. The first-order valence-electron chi connectivity index (χ1n) is 27.7. The van der Waals surface area contributed by atoms with Gasteiger partial charge in [-0.2, -0.15) is 0 Å². The average molecular weight is 1150 g/mol. The van der Waals surface area contributed by atoms with Crippen molar-refractivity contribution in [2.45, 2.75) is 221 Å². The number of aromatic amines is 1. The fraction of sp³-hybridized carbons (Fsp3) is 0.830. The molecule has 0 bridgehead atoms. The van der Waals surface area contributed by atoms with Gasteiger partial charge in [0.05, 0.1) is 19.6 Å². The van der Waals surface area contributed by atoms with E-state index in [1.807, 2.05) is 4.98 Å². The van der Waals surface area contributed by atoms with Crippen molar-refractivity contribution in [1.29, 1.82) is 0 Å². The number of aliphatic hydroxyl groups is 4. The van der Waals surface area contributed by atoms with Crippen LogP contribution in [0.1, 0.15) is 117 Å². The quantitative estimate of drug-likeness (QED) is 0.0322. The van der Waals surface area contributed by atoms with Crippen LogP contribution in [0, 0.1) is 5.92 Å². The second-order valence-corrected chi connectivity index (χ2v) is 21.3. The lowest BCUT2D eigenvalue weighted by molar-refractivity contribution is -0.297. The lowest BCUT2D eigenvalue weighted by atomic mass is 9.97. The Morgan fingerprint density at radius 2 is 1.36 bits per heavy atom. The smallest absolute Gasteiger partial charge is 0.332 e. The molecule has 0 radical (unpaired) electrons. The van der Waals surface area contributed by atoms with Gasteiger partial charge in [0.2, 0.25) is 12.2 Å². The SMILES string of the molecule is CCCCCCCCCCCCC(CC(=O)O[C@H]1CN(C)C([C@H](OC2O[C@H](CN)[C@@H](O)[C@H]2O)C2OC(n3ccc(=O)[nH]c3=O)[C@H](O)[C@@H]2O)C(=O)N(C)C1C(=O)OC)OC(=O)CC(C)CC(=O)OC1OC(C)C(OC)C(OC)C1OC. The summed E-state index contributed by atoms with van der Waals surface area (Å²) in [7, 11) is 8.11. The maximum atomic E-state index is 14.9. The first-order chi connectivity index (χ1) is 38.1. The Balaban J connectivity index is 1.34. The molecule has 80 heavy (non-hydrogen) atoms. The fourth-order valence-electron chi connectivity index (χ4n) is 11.0. The molecule has 27 heteroatoms. The number of hydrogen-bond acceptors (Lipinski definition) is 24. The van der Waals surface area contributed by atoms with E-state index in [4.69, 9.17) is 57.8 Å². The molecule has 4 aliphatic rings. The number of rotatable bonds is 30. The maximum Gasteiger partial charge on any atom is 0.332 e. The topological polar surface area (TPSA) is 355 Å². The second-order valence-electron chi connectivity index (χ2n) is 21.3. The summed E-state index contributed by atoms with van der Waals surface area (Å²) in [6.45, 7) is 4.89. The van der Waals surface area contributed by atoms with Crippen molar-refractivity contribution < 1.29 is 96.5 Å². The molecule has 1 amide bonds. The predicted octanol–water partition coefficient (Wildman–Crippen LogP) is -0.466. The maximum absolute atomic E-state index is 14.9. The van der Waals surface area contributed by atoms with Gasteiger partial charge in [-0.05, 0) is 32.7 Å². The zero-order valence-corrected chi connectivity index (χ0v) is 47.5. The summed E-state index contributed by atoms with van der Waals surface area (Å²) < 4.78 is 64.3. The summed E-state index contributed by atoms with van der Waals surface area (Å²) >= 11 is 0. The summed E-state index contributed by atoms with van der Waals surface area (Å²) in [5, 5.41) is 44.7. The molecule has 4 aliphatic heterocycles. The van der Waals surface area contributed by atoms with E-state index in [9.17, 15) is 54.0 Å². The molecule has 0 spiro atoms. The van der Waals surface area contributed by atoms with E-state index in [-0.39, 0.29) is 25.8 Å². The number of nitrogens with one attached hydrogen (secondary N) is 1. The number of carbonyl (C=O) groups is 5. The van der Waals surface area contributed by atoms with Crippen molar-refractivity contribution in [2.75, 3.05) is 55.6 Å². The molecule has 5 heterocycles. The van der Waals surface area contributed by atoms with E-state index in [1.165, 1.54) is 59.6 Å². The Morgan fingerprint density at radius 3 is 1.95 bits per heavy atom. The molecule has 0 saturated carbocycles. The van der Waals surface area contributed by atoms with Crippen LogP contribution in [0.3, 0.4) is 0 Å². The molecular formula is C53H87N5O22. The Kier molecular flexibility index (Phi) is 26.4. The van der Waals surface area contributed by atoms with E-state index < -0.39 is 170 Å². The van der Waals surface area contributed by atoms with E-state index in [2.05, 4.69) is 6.92 Å². The molecule has 5 rings (SSSR count). The second kappa shape index (κ2) is 31.8. The number of nitrogens with two attached hydrogens (primary N) is 1. The molecule has 4 saturated heterocycles. The standard InChI is InChI=1S/C53H87N5O22/c1-10-11-12-13-14-15-16-17-18-19-20-30(75-34(60)23-28(2)24-35(61)78-52-47(72-8)46(71-7)43(70-6)29(3)74-52)25-36(62)76-32-27-56(4)38(48(67)57(5)37(32)50(68)73-9)44(80-51-42(66)39(63)31(26-54)77-51)45-40(64)41(65)49(79-45)58-22-21-33(59)55-53(58)69/h21-22,28-32,37-47,49,51-52,63-66H,10-20,23-27,54H2,1-9H3,(H,55,59,69)/t28?,29?,30?,31-,32+,37?,38?,39-,40+,41-,42-,43?,44+,45?,46?,47?,49?,51?,52?/m1/s1. The first kappa shape index (κ1) is 66.3. The van der Waals surface area contributed by atoms with Gasteiger partial charge >= 0.3 is 29.6 Å². The number of hydrogen-bond donors (Lipinski definition) is 6. The van der Waals surface area contributed by atoms with E-state index in [0.717, 1.165) is 67.4 Å². The highest BCUT2D eigenvalue weighted by Crippen LogP contribution is 2.37. The van der Waals surface area contributed by atoms with Crippen molar-refractivity contribution >= 4 is 29.8 Å². The Labute approximate surface area is 465 Å². The van der Waals surface area contributed by atoms with Gasteiger partial charge < -0.3 is 83.2 Å². The van der Waals surface area contributed by atoms with Gasteiger partial charge in [-0.3, -0.25) is 38.4 Å². The van der Waals surface area contributed by atoms with Crippen LogP contribution >= 0.6 is 0 Å². The lowest BCUT2D eigenvalue weighted by Crippen LogP contribution is -2.59. The first-order valence-corrected chi connectivity index (χ1v) is 27.7. The summed E-state index contributed by atoms with van der Waals surface area (Å²) in [5.41, 5.74) is 4.00. The number of carbonyl (C=O) groups excluding carboxylic acids is 5. The minimum atomic E-state index is -1.94. The number of esters is 4. The largest absolute Gasteiger partial charge is 0.467 e. The number of H-pyrrole nitrogens is 1. The Hall–Kier alpha value is -4.49. The highest BCUT2D eigenvalue weighted by Gasteiger charge is 2.57. The number of unbranched alkanes of at least 4 members (excludes halogenated alkanes) is 9. The van der Waals surface area contributed by atoms with Crippen molar-refractivity contribution in [3.63, 3.8) is 0 Å². The number of nitrogens with zero attached hydrogens (tertiary/aromatic N) is 3. The molecule has 0 aliphatic carbocycles. The predicted molar refractivity (Wildman–Crippen MR) is 279 cm³/mol. The molecule has 0 aromatic carbocycles. The minimum Gasteiger partial charge on any atom is -0.467 e. The van der Waals surface area contributed by atoms with Crippen molar-refractivity contribution in [2.24, 2.45) is 11.7 Å². The van der Waals surface area contributed by atoms with Crippen molar-refractivity contribution in [1.82, 2.24) is 19.4 Å². The van der Waals surface area contributed by atoms with Crippen LogP contribution in [0.15, 0.2) is 21.9 Å². The molecule has 456 valence electrons. The zero-order chi connectivity index (χ0) is 59.0. The van der Waals surface area contributed by atoms with Crippen LogP contribution in [-0.2, 0) is 76.1 Å². The van der Waals surface area contributed by atoms with Crippen molar-refractivity contribution in [3.05, 3.63) is 33.1 Å². The highest BCUT2D eigenvalue weighted by molar-refractivity contribution is 5.89. The molecule has 4 fully saturated rings. The number of likely N-dealkylation sites (N-methyl/N-ethyl adjacent to an activating group) is 2. The Bertz CT molecular complexity index is 2260. The van der Waals surface area contributed by atoms with Crippen LogP contribution in [-0.4, -0.2) is 229 Å². The summed E-state index contributed by atoms with van der Waals surface area (Å²) in [5.74, 6) is -4.78. The molecular weight excluding hydrogens is 1060 g/mol. The fourth-order valence-corrected chi connectivity index (χ4v) is 11.0. The monoisotopic (exact) mass is 1150 g/mol. The number of aliphatic hydroxyl groups excluding tert-OH is 4. The third-order valence-electron chi connectivity index (χ3n) is 15.3. The number of amides is 1. The molecule has 19 atom stereocenters. The van der Waals surface area contributed by atoms with E-state index in [0.29, 0.717) is 6.42 Å². The number of methoxy groups -OCH3 is 4. The third kappa shape index (κ3) is 17.1. The van der Waals surface area contributed by atoms with Gasteiger partial charge in [-0.1, -0.05) is 71.6 Å². The molecule has 1 aromatic rings. The molecule has 27 nitrogen and oxygen atoms in total. The summed E-state index contributed by atoms with van der Waals surface area (Å²) in [4.78, 5) is 98.8. The van der Waals surface area contributed by atoms with E-state index >= 15 is 0 Å². The summed E-state index contributed by atoms with van der Waals surface area (Å²) in [6, 6.07) is -2.29. The lowest BCUT2D eigenvalue weighted by Gasteiger charge is -2.43.